The maximum Gasteiger partial charge on any atom is 0.281 e. The van der Waals surface area contributed by atoms with Crippen LogP contribution in [0.1, 0.15) is 19.4 Å². The summed E-state index contributed by atoms with van der Waals surface area (Å²) in [6.45, 7) is 3.82. The second-order valence-electron chi connectivity index (χ2n) is 6.16. The van der Waals surface area contributed by atoms with E-state index in [9.17, 15) is 4.79 Å². The number of nitrogens with one attached hydrogen (secondary N) is 1. The molecule has 2 aromatic carbocycles. The van der Waals surface area contributed by atoms with E-state index in [1.807, 2.05) is 44.2 Å². The summed E-state index contributed by atoms with van der Waals surface area (Å²) in [7, 11) is 1.54. The molecule has 0 saturated carbocycles. The largest absolute Gasteiger partial charge is 0.493 e. The number of para-hydroxylation sites is 1. The van der Waals surface area contributed by atoms with Gasteiger partial charge in [0.15, 0.2) is 16.6 Å². The lowest BCUT2D eigenvalue weighted by molar-refractivity contribution is -0.113. The lowest BCUT2D eigenvalue weighted by Crippen LogP contribution is -2.30. The van der Waals surface area contributed by atoms with Gasteiger partial charge in [0.05, 0.1) is 23.9 Å². The van der Waals surface area contributed by atoms with Gasteiger partial charge in [0.1, 0.15) is 5.70 Å². The maximum absolute atomic E-state index is 12.8. The van der Waals surface area contributed by atoms with Crippen molar-refractivity contribution in [3.05, 3.63) is 58.7 Å². The molecule has 1 fully saturated rings. The predicted octanol–water partition coefficient (Wildman–Crippen LogP) is 4.40. The third-order valence-corrected chi connectivity index (χ3v) is 4.37. The minimum atomic E-state index is -0.233. The van der Waals surface area contributed by atoms with Crippen LogP contribution in [0.3, 0.4) is 0 Å². The van der Waals surface area contributed by atoms with Crippen LogP contribution in [-0.4, -0.2) is 24.2 Å². The van der Waals surface area contributed by atoms with Crippen molar-refractivity contribution in [1.82, 2.24) is 5.32 Å². The number of carbonyl (C=O) groups excluding carboxylic acids is 1. The number of nitrogens with zero attached hydrogens (tertiary/aromatic N) is 1. The Hall–Kier alpha value is -2.57. The van der Waals surface area contributed by atoms with Gasteiger partial charge in [-0.05, 0) is 62.0 Å². The summed E-state index contributed by atoms with van der Waals surface area (Å²) in [5, 5.41) is 3.69. The predicted molar refractivity (Wildman–Crippen MR) is 111 cm³/mol. The molecule has 1 aliphatic heterocycles. The molecule has 0 spiro atoms. The zero-order valence-electron chi connectivity index (χ0n) is 15.2. The van der Waals surface area contributed by atoms with E-state index in [-0.39, 0.29) is 12.0 Å². The number of rotatable bonds is 5. The molecule has 3 rings (SSSR count). The molecule has 1 N–H and O–H groups in total. The van der Waals surface area contributed by atoms with Gasteiger partial charge in [-0.2, -0.15) is 0 Å². The Balaban J connectivity index is 1.94. The molecule has 0 bridgehead atoms. The second-order valence-corrected chi connectivity index (χ2v) is 6.96. The summed E-state index contributed by atoms with van der Waals surface area (Å²) in [5.74, 6) is 0.739. The second kappa shape index (κ2) is 7.98. The van der Waals surface area contributed by atoms with E-state index in [0.717, 1.165) is 0 Å². The third kappa shape index (κ3) is 4.07. The molecule has 2 aromatic rings. The monoisotopic (exact) mass is 402 g/mol. The SMILES string of the molecule is COc1cc(/C=C2\NC(=S)N(c3ccccc3)C2=O)cc(Cl)c1OC(C)C. The Morgan fingerprint density at radius 2 is 1.93 bits per heavy atom. The topological polar surface area (TPSA) is 50.8 Å². The molecule has 5 nitrogen and oxygen atoms in total. The summed E-state index contributed by atoms with van der Waals surface area (Å²) >= 11 is 11.7. The normalized spacial score (nSPS) is 15.4. The highest BCUT2D eigenvalue weighted by Crippen LogP contribution is 2.38. The summed E-state index contributed by atoms with van der Waals surface area (Å²) in [4.78, 5) is 14.2. The highest BCUT2D eigenvalue weighted by molar-refractivity contribution is 7.80. The van der Waals surface area contributed by atoms with Crippen LogP contribution < -0.4 is 19.7 Å². The highest BCUT2D eigenvalue weighted by Gasteiger charge is 2.31. The zero-order chi connectivity index (χ0) is 19.6. The Bertz CT molecular complexity index is 913. The van der Waals surface area contributed by atoms with Gasteiger partial charge < -0.3 is 14.8 Å². The molecule has 140 valence electrons. The molecular formula is C20H19ClN2O3S. The van der Waals surface area contributed by atoms with Crippen LogP contribution >= 0.6 is 23.8 Å². The number of ether oxygens (including phenoxy) is 2. The van der Waals surface area contributed by atoms with Crippen molar-refractivity contribution in [2.24, 2.45) is 0 Å². The lowest BCUT2D eigenvalue weighted by atomic mass is 10.1. The van der Waals surface area contributed by atoms with E-state index in [2.05, 4.69) is 5.32 Å². The van der Waals surface area contributed by atoms with Gasteiger partial charge in [0.2, 0.25) is 0 Å². The molecule has 0 aliphatic carbocycles. The van der Waals surface area contributed by atoms with Crippen molar-refractivity contribution in [2.45, 2.75) is 20.0 Å². The van der Waals surface area contributed by atoms with Crippen LogP contribution in [0.5, 0.6) is 11.5 Å². The number of amides is 1. The van der Waals surface area contributed by atoms with Crippen LogP contribution in [0.4, 0.5) is 5.69 Å². The maximum atomic E-state index is 12.8. The molecule has 7 heteroatoms. The highest BCUT2D eigenvalue weighted by atomic mass is 35.5. The fraction of sp³-hybridized carbons (Fsp3) is 0.200. The fourth-order valence-electron chi connectivity index (χ4n) is 2.69. The van der Waals surface area contributed by atoms with Crippen molar-refractivity contribution < 1.29 is 14.3 Å². The van der Waals surface area contributed by atoms with Crippen molar-refractivity contribution >= 4 is 46.6 Å². The molecule has 0 atom stereocenters. The van der Waals surface area contributed by atoms with Crippen molar-refractivity contribution in [3.8, 4) is 11.5 Å². The molecule has 1 saturated heterocycles. The molecule has 1 aliphatic rings. The first kappa shape index (κ1) is 19.2. The smallest absolute Gasteiger partial charge is 0.281 e. The molecule has 27 heavy (non-hydrogen) atoms. The summed E-state index contributed by atoms with van der Waals surface area (Å²) in [5.41, 5.74) is 1.76. The van der Waals surface area contributed by atoms with Crippen LogP contribution in [0.25, 0.3) is 6.08 Å². The Morgan fingerprint density at radius 3 is 2.56 bits per heavy atom. The van der Waals surface area contributed by atoms with Gasteiger partial charge in [-0.1, -0.05) is 29.8 Å². The molecule has 0 aromatic heterocycles. The summed E-state index contributed by atoms with van der Waals surface area (Å²) < 4.78 is 11.1. The van der Waals surface area contributed by atoms with E-state index >= 15 is 0 Å². The summed E-state index contributed by atoms with van der Waals surface area (Å²) in [6, 6.07) is 12.7. The van der Waals surface area contributed by atoms with E-state index in [1.165, 1.54) is 4.90 Å². The molecule has 0 unspecified atom stereocenters. The van der Waals surface area contributed by atoms with Crippen molar-refractivity contribution in [1.29, 1.82) is 0 Å². The molecule has 1 heterocycles. The minimum absolute atomic E-state index is 0.0458. The van der Waals surface area contributed by atoms with Gasteiger partial charge in [0.25, 0.3) is 5.91 Å². The number of hydrogen-bond acceptors (Lipinski definition) is 4. The van der Waals surface area contributed by atoms with Crippen LogP contribution in [0.2, 0.25) is 5.02 Å². The van der Waals surface area contributed by atoms with E-state index in [4.69, 9.17) is 33.3 Å². The number of halogens is 1. The van der Waals surface area contributed by atoms with Crippen molar-refractivity contribution in [2.75, 3.05) is 12.0 Å². The average molecular weight is 403 g/mol. The van der Waals surface area contributed by atoms with Gasteiger partial charge in [0, 0.05) is 0 Å². The molecule has 1 amide bonds. The van der Waals surface area contributed by atoms with E-state index < -0.39 is 0 Å². The minimum Gasteiger partial charge on any atom is -0.493 e. The summed E-state index contributed by atoms with van der Waals surface area (Å²) in [6.07, 6.45) is 1.64. The van der Waals surface area contributed by atoms with Crippen LogP contribution in [0, 0.1) is 0 Å². The van der Waals surface area contributed by atoms with E-state index in [1.54, 1.807) is 25.3 Å². The van der Waals surface area contributed by atoms with Crippen molar-refractivity contribution in [3.63, 3.8) is 0 Å². The van der Waals surface area contributed by atoms with E-state index in [0.29, 0.717) is 38.6 Å². The van der Waals surface area contributed by atoms with Gasteiger partial charge in [-0.25, -0.2) is 0 Å². The quantitative estimate of drug-likeness (QED) is 0.593. The molecular weight excluding hydrogens is 384 g/mol. The van der Waals surface area contributed by atoms with Crippen LogP contribution in [0.15, 0.2) is 48.2 Å². The Kier molecular flexibility index (Phi) is 5.68. The first-order valence-corrected chi connectivity index (χ1v) is 9.15. The molecule has 0 radical (unpaired) electrons. The average Bonchev–Trinajstić information content (AvgIpc) is 2.91. The number of hydrogen-bond donors (Lipinski definition) is 1. The van der Waals surface area contributed by atoms with Crippen LogP contribution in [-0.2, 0) is 4.79 Å². The lowest BCUT2D eigenvalue weighted by Gasteiger charge is -2.15. The fourth-order valence-corrected chi connectivity index (χ4v) is 3.25. The number of benzene rings is 2. The van der Waals surface area contributed by atoms with Gasteiger partial charge in [-0.15, -0.1) is 0 Å². The number of methoxy groups -OCH3 is 1. The number of anilines is 1. The number of thiocarbonyl (C=S) groups is 1. The first-order chi connectivity index (χ1) is 12.9. The Labute approximate surface area is 168 Å². The first-order valence-electron chi connectivity index (χ1n) is 8.37. The Morgan fingerprint density at radius 1 is 1.22 bits per heavy atom. The zero-order valence-corrected chi connectivity index (χ0v) is 16.7. The number of carbonyl (C=O) groups is 1. The third-order valence-electron chi connectivity index (χ3n) is 3.81. The van der Waals surface area contributed by atoms with Gasteiger partial charge in [-0.3, -0.25) is 9.69 Å². The van der Waals surface area contributed by atoms with Gasteiger partial charge >= 0.3 is 0 Å². The standard InChI is InChI=1S/C20H19ClN2O3S/c1-12(2)26-18-15(21)9-13(11-17(18)25-3)10-16-19(24)23(20(27)22-16)14-7-5-4-6-8-14/h4-12H,1-3H3,(H,22,27)/b16-10-.